The maximum Gasteiger partial charge on any atom is 0.410 e. The van der Waals surface area contributed by atoms with Gasteiger partial charge < -0.3 is 15.0 Å². The zero-order valence-electron chi connectivity index (χ0n) is 13.3. The number of hydrogen-bond donors (Lipinski definition) is 1. The smallest absolute Gasteiger partial charge is 0.410 e. The first-order valence-corrected chi connectivity index (χ1v) is 7.11. The van der Waals surface area contributed by atoms with Gasteiger partial charge in [-0.05, 0) is 33.6 Å². The monoisotopic (exact) mass is 316 g/mol. The molecule has 0 spiro atoms. The highest BCUT2D eigenvalue weighted by Gasteiger charge is 2.45. The third-order valence-electron chi connectivity index (χ3n) is 3.15. The molecule has 1 fully saturated rings. The number of nitrogens with one attached hydrogen (secondary N) is 1. The van der Waals surface area contributed by atoms with E-state index in [1.54, 1.807) is 20.8 Å². The number of piperidine rings is 1. The van der Waals surface area contributed by atoms with Crippen molar-refractivity contribution >= 4 is 12.0 Å². The molecule has 1 aliphatic heterocycles. The van der Waals surface area contributed by atoms with Gasteiger partial charge in [0.05, 0.1) is 5.92 Å². The molecule has 1 atom stereocenters. The highest BCUT2D eigenvalue weighted by Crippen LogP contribution is 2.33. The summed E-state index contributed by atoms with van der Waals surface area (Å²) in [5, 5.41) is 2.35. The van der Waals surface area contributed by atoms with Gasteiger partial charge in [0.25, 0.3) is 11.8 Å². The minimum absolute atomic E-state index is 0.0683. The van der Waals surface area contributed by atoms with Crippen molar-refractivity contribution in [3.8, 4) is 11.8 Å². The second-order valence-corrected chi connectivity index (χ2v) is 6.22. The van der Waals surface area contributed by atoms with Crippen molar-refractivity contribution in [2.24, 2.45) is 5.92 Å². The van der Waals surface area contributed by atoms with Crippen LogP contribution in [0.15, 0.2) is 0 Å². The summed E-state index contributed by atoms with van der Waals surface area (Å²) in [5.41, 5.74) is -0.683. The van der Waals surface area contributed by atoms with E-state index < -0.39 is 35.9 Å². The van der Waals surface area contributed by atoms with Gasteiger partial charge in [-0.2, -0.15) is 0 Å². The molecule has 1 aliphatic rings. The van der Waals surface area contributed by atoms with Crippen LogP contribution in [0.2, 0.25) is 0 Å². The zero-order chi connectivity index (χ0) is 17.0. The molecule has 1 saturated heterocycles. The number of rotatable bonds is 2. The van der Waals surface area contributed by atoms with Gasteiger partial charge in [0.1, 0.15) is 5.60 Å². The number of nitrogens with zero attached hydrogens (tertiary/aromatic N) is 1. The molecule has 0 aromatic heterocycles. The van der Waals surface area contributed by atoms with Crippen molar-refractivity contribution in [3.05, 3.63) is 0 Å². The Bertz CT molecular complexity index is 489. The Hall–Kier alpha value is -1.84. The van der Waals surface area contributed by atoms with Crippen LogP contribution in [0.3, 0.4) is 0 Å². The maximum absolute atomic E-state index is 13.9. The van der Waals surface area contributed by atoms with Crippen molar-refractivity contribution in [2.45, 2.75) is 45.6 Å². The average Bonchev–Trinajstić information content (AvgIpc) is 2.35. The number of carbonyl (C=O) groups is 2. The van der Waals surface area contributed by atoms with Crippen LogP contribution in [0.25, 0.3) is 0 Å². The topological polar surface area (TPSA) is 58.6 Å². The van der Waals surface area contributed by atoms with Crippen LogP contribution in [0.1, 0.15) is 34.1 Å². The van der Waals surface area contributed by atoms with Crippen LogP contribution in [0.4, 0.5) is 13.6 Å². The Morgan fingerprint density at radius 3 is 2.59 bits per heavy atom. The number of carbonyl (C=O) groups excluding carboxylic acids is 2. The Kier molecular flexibility index (Phi) is 5.75. The summed E-state index contributed by atoms with van der Waals surface area (Å²) in [4.78, 5) is 24.5. The molecule has 1 rings (SSSR count). The molecule has 22 heavy (non-hydrogen) atoms. The Balaban J connectivity index is 2.67. The van der Waals surface area contributed by atoms with E-state index in [0.717, 1.165) is 0 Å². The van der Waals surface area contributed by atoms with E-state index in [4.69, 9.17) is 4.74 Å². The summed E-state index contributed by atoms with van der Waals surface area (Å²) in [6.45, 7) is 6.15. The lowest BCUT2D eigenvalue weighted by molar-refractivity contribution is -0.119. The fourth-order valence-electron chi connectivity index (χ4n) is 2.06. The van der Waals surface area contributed by atoms with Crippen molar-refractivity contribution in [1.82, 2.24) is 10.2 Å². The first-order valence-electron chi connectivity index (χ1n) is 7.11. The predicted octanol–water partition coefficient (Wildman–Crippen LogP) is 2.02. The third kappa shape index (κ3) is 5.51. The third-order valence-corrected chi connectivity index (χ3v) is 3.15. The van der Waals surface area contributed by atoms with E-state index in [2.05, 4.69) is 17.2 Å². The number of halogens is 2. The summed E-state index contributed by atoms with van der Waals surface area (Å²) in [5.74, 6) is -0.0772. The molecule has 0 radical (unpaired) electrons. The Labute approximate surface area is 129 Å². The quantitative estimate of drug-likeness (QED) is 0.793. The molecular formula is C15H22F2N2O3. The fourth-order valence-corrected chi connectivity index (χ4v) is 2.06. The molecule has 5 nitrogen and oxygen atoms in total. The summed E-state index contributed by atoms with van der Waals surface area (Å²) < 4.78 is 33.0. The maximum atomic E-state index is 13.9. The van der Waals surface area contributed by atoms with Crippen molar-refractivity contribution in [3.63, 3.8) is 0 Å². The van der Waals surface area contributed by atoms with Gasteiger partial charge in [0.2, 0.25) is 0 Å². The van der Waals surface area contributed by atoms with Gasteiger partial charge in [-0.1, -0.05) is 5.92 Å². The molecule has 7 heteroatoms. The second kappa shape index (κ2) is 6.95. The average molecular weight is 316 g/mol. The Morgan fingerprint density at radius 2 is 2.05 bits per heavy atom. The molecule has 0 aromatic rings. The molecule has 124 valence electrons. The number of amides is 2. The lowest BCUT2D eigenvalue weighted by Crippen LogP contribution is -2.53. The SMILES string of the molecule is CC#CC(=O)NCC1CN(C(=O)OC(C)(C)C)CCC1(F)F. The minimum atomic E-state index is -2.94. The van der Waals surface area contributed by atoms with E-state index in [1.165, 1.54) is 11.8 Å². The number of hydrogen-bond acceptors (Lipinski definition) is 3. The number of likely N-dealkylation sites (tertiary alicyclic amines) is 1. The van der Waals surface area contributed by atoms with Crippen LogP contribution in [-0.2, 0) is 9.53 Å². The first kappa shape index (κ1) is 18.2. The second-order valence-electron chi connectivity index (χ2n) is 6.22. The lowest BCUT2D eigenvalue weighted by atomic mass is 9.93. The molecule has 0 aromatic carbocycles. The lowest BCUT2D eigenvalue weighted by Gasteiger charge is -2.38. The molecule has 0 saturated carbocycles. The van der Waals surface area contributed by atoms with E-state index in [-0.39, 0.29) is 19.6 Å². The molecule has 2 amide bonds. The first-order chi connectivity index (χ1) is 10.0. The molecule has 0 bridgehead atoms. The van der Waals surface area contributed by atoms with Gasteiger partial charge in [0, 0.05) is 26.1 Å². The highest BCUT2D eigenvalue weighted by molar-refractivity contribution is 5.93. The van der Waals surface area contributed by atoms with Gasteiger partial charge in [0.15, 0.2) is 0 Å². The van der Waals surface area contributed by atoms with Crippen molar-refractivity contribution in [2.75, 3.05) is 19.6 Å². The molecule has 1 N–H and O–H groups in total. The van der Waals surface area contributed by atoms with E-state index in [9.17, 15) is 18.4 Å². The van der Waals surface area contributed by atoms with Gasteiger partial charge in [-0.15, -0.1) is 0 Å². The van der Waals surface area contributed by atoms with Crippen LogP contribution in [0, 0.1) is 17.8 Å². The van der Waals surface area contributed by atoms with Crippen LogP contribution in [0.5, 0.6) is 0 Å². The van der Waals surface area contributed by atoms with E-state index in [1.807, 2.05) is 0 Å². The molecule has 0 aliphatic carbocycles. The van der Waals surface area contributed by atoms with Crippen LogP contribution < -0.4 is 5.32 Å². The van der Waals surface area contributed by atoms with Gasteiger partial charge in [-0.25, -0.2) is 13.6 Å². The number of ether oxygens (including phenoxy) is 1. The largest absolute Gasteiger partial charge is 0.444 e. The molecular weight excluding hydrogens is 294 g/mol. The molecule has 1 unspecified atom stereocenters. The predicted molar refractivity (Wildman–Crippen MR) is 77.3 cm³/mol. The normalized spacial score (nSPS) is 20.6. The minimum Gasteiger partial charge on any atom is -0.444 e. The fraction of sp³-hybridized carbons (Fsp3) is 0.733. The Morgan fingerprint density at radius 1 is 1.41 bits per heavy atom. The summed E-state index contributed by atoms with van der Waals surface area (Å²) >= 11 is 0. The molecule has 1 heterocycles. The van der Waals surface area contributed by atoms with E-state index in [0.29, 0.717) is 0 Å². The highest BCUT2D eigenvalue weighted by atomic mass is 19.3. The van der Waals surface area contributed by atoms with Crippen LogP contribution >= 0.6 is 0 Å². The van der Waals surface area contributed by atoms with Crippen molar-refractivity contribution in [1.29, 1.82) is 0 Å². The summed E-state index contributed by atoms with van der Waals surface area (Å²) in [6.07, 6.45) is -1.07. The van der Waals surface area contributed by atoms with Gasteiger partial charge in [-0.3, -0.25) is 4.79 Å². The van der Waals surface area contributed by atoms with Gasteiger partial charge >= 0.3 is 6.09 Å². The zero-order valence-corrected chi connectivity index (χ0v) is 13.3. The van der Waals surface area contributed by atoms with Crippen molar-refractivity contribution < 1.29 is 23.1 Å². The van der Waals surface area contributed by atoms with E-state index >= 15 is 0 Å². The standard InChI is InChI=1S/C15H22F2N2O3/c1-5-6-12(20)18-9-11-10-19(8-7-15(11,16)17)13(21)22-14(2,3)4/h11H,7-10H2,1-4H3,(H,18,20). The summed E-state index contributed by atoms with van der Waals surface area (Å²) in [7, 11) is 0. The summed E-state index contributed by atoms with van der Waals surface area (Å²) in [6, 6.07) is 0. The van der Waals surface area contributed by atoms with Crippen LogP contribution in [-0.4, -0.2) is 48.1 Å². The number of alkyl halides is 2.